The molecule has 0 unspecified atom stereocenters. The van der Waals surface area contributed by atoms with E-state index in [4.69, 9.17) is 14.4 Å². The predicted octanol–water partition coefficient (Wildman–Crippen LogP) is 15.2. The van der Waals surface area contributed by atoms with Crippen LogP contribution < -0.4 is 0 Å². The van der Waals surface area contributed by atoms with Gasteiger partial charge in [0.15, 0.2) is 5.58 Å². The van der Waals surface area contributed by atoms with Crippen molar-refractivity contribution in [2.24, 2.45) is 0 Å². The summed E-state index contributed by atoms with van der Waals surface area (Å²) in [6.45, 7) is 0. The summed E-state index contributed by atoms with van der Waals surface area (Å²) in [6, 6.07) is 75.6. The van der Waals surface area contributed by atoms with Crippen molar-refractivity contribution in [1.82, 2.24) is 19.1 Å². The first-order valence-electron chi connectivity index (χ1n) is 21.3. The minimum absolute atomic E-state index is 0.797. The van der Waals surface area contributed by atoms with Crippen LogP contribution >= 0.6 is 0 Å². The van der Waals surface area contributed by atoms with Crippen LogP contribution in [0.4, 0.5) is 0 Å². The number of aromatic nitrogens is 4. The Hall–Kier alpha value is -8.54. The van der Waals surface area contributed by atoms with Gasteiger partial charge in [0.1, 0.15) is 11.4 Å². The third-order valence-corrected chi connectivity index (χ3v) is 12.6. The molecule has 5 aromatic heterocycles. The minimum atomic E-state index is 0.797. The van der Waals surface area contributed by atoms with Crippen molar-refractivity contribution in [3.63, 3.8) is 0 Å². The number of fused-ring (bicyclic) bond motifs is 9. The second-order valence-corrected chi connectivity index (χ2v) is 16.2. The molecule has 0 saturated heterocycles. The molecule has 0 amide bonds. The van der Waals surface area contributed by atoms with Crippen molar-refractivity contribution >= 4 is 65.6 Å². The van der Waals surface area contributed by atoms with Crippen molar-refractivity contribution < 1.29 is 4.42 Å². The van der Waals surface area contributed by atoms with E-state index in [-0.39, 0.29) is 0 Å². The zero-order chi connectivity index (χ0) is 41.4. The summed E-state index contributed by atoms with van der Waals surface area (Å²) in [7, 11) is 0. The summed E-state index contributed by atoms with van der Waals surface area (Å²) >= 11 is 0. The first-order chi connectivity index (χ1) is 31.2. The molecule has 5 heterocycles. The molecular formula is C58H36N4O. The van der Waals surface area contributed by atoms with Crippen LogP contribution in [0.5, 0.6) is 0 Å². The third-order valence-electron chi connectivity index (χ3n) is 12.6. The van der Waals surface area contributed by atoms with Gasteiger partial charge >= 0.3 is 0 Å². The Kier molecular flexibility index (Phi) is 7.84. The molecule has 5 heteroatoms. The third kappa shape index (κ3) is 5.71. The summed E-state index contributed by atoms with van der Waals surface area (Å²) < 4.78 is 10.8. The maximum absolute atomic E-state index is 6.06. The van der Waals surface area contributed by atoms with E-state index in [1.54, 1.807) is 0 Å². The largest absolute Gasteiger partial charge is 0.454 e. The smallest absolute Gasteiger partial charge is 0.153 e. The Balaban J connectivity index is 0.937. The van der Waals surface area contributed by atoms with Crippen molar-refractivity contribution in [3.8, 4) is 56.3 Å². The van der Waals surface area contributed by atoms with E-state index < -0.39 is 0 Å². The van der Waals surface area contributed by atoms with Crippen LogP contribution in [0.25, 0.3) is 122 Å². The summed E-state index contributed by atoms with van der Waals surface area (Å²) in [4.78, 5) is 10.1. The van der Waals surface area contributed by atoms with E-state index in [1.807, 2.05) is 24.4 Å². The molecule has 8 aromatic carbocycles. The SMILES string of the molecule is c1ccc(-c2cc(-c3ccccc3)nc(-n3c4ccccc4c4cc(-c5ccc6c7ccccc7n(-c7ccc(-c8cc9c(cn8)oc8ccccc89)cc7)c6c5)ccc43)c2)cc1. The highest BCUT2D eigenvalue weighted by Gasteiger charge is 2.19. The molecular weight excluding hydrogens is 769 g/mol. The van der Waals surface area contributed by atoms with E-state index in [1.165, 1.54) is 27.1 Å². The van der Waals surface area contributed by atoms with Crippen molar-refractivity contribution in [2.75, 3.05) is 0 Å². The summed E-state index contributed by atoms with van der Waals surface area (Å²) in [5.74, 6) is 0.886. The predicted molar refractivity (Wildman–Crippen MR) is 260 cm³/mol. The lowest BCUT2D eigenvalue weighted by molar-refractivity contribution is 0.667. The molecule has 0 radical (unpaired) electrons. The topological polar surface area (TPSA) is 48.8 Å². The quantitative estimate of drug-likeness (QED) is 0.168. The molecule has 294 valence electrons. The average molecular weight is 805 g/mol. The van der Waals surface area contributed by atoms with E-state index >= 15 is 0 Å². The lowest BCUT2D eigenvalue weighted by Gasteiger charge is -2.13. The maximum atomic E-state index is 6.06. The Labute approximate surface area is 362 Å². The van der Waals surface area contributed by atoms with Gasteiger partial charge in [0.05, 0.1) is 39.7 Å². The van der Waals surface area contributed by atoms with Gasteiger partial charge in [-0.05, 0) is 89.0 Å². The fraction of sp³-hybridized carbons (Fsp3) is 0. The number of para-hydroxylation sites is 3. The molecule has 0 saturated carbocycles. The minimum Gasteiger partial charge on any atom is -0.454 e. The molecule has 13 rings (SSSR count). The molecule has 0 aliphatic carbocycles. The molecule has 0 aliphatic heterocycles. The number of rotatable bonds is 6. The summed E-state index contributed by atoms with van der Waals surface area (Å²) in [6.07, 6.45) is 1.84. The van der Waals surface area contributed by atoms with Crippen LogP contribution in [0.15, 0.2) is 223 Å². The summed E-state index contributed by atoms with van der Waals surface area (Å²) in [5.41, 5.74) is 15.9. The second kappa shape index (κ2) is 14.0. The standard InChI is InChI=1S/C58H36N4O/c1-3-13-37(14-4-1)42-32-51(38-15-5-2-6-16-38)60-58(34-42)62-53-21-11-8-18-45(53)48-31-40(26-30-54(48)62)41-25-29-46-44-17-7-10-20-52(44)61(55(46)33-41)43-27-23-39(24-28-43)50-35-49-47-19-9-12-22-56(47)63-57(49)36-59-50/h1-36H. The van der Waals surface area contributed by atoms with Crippen LogP contribution in [0, 0.1) is 0 Å². The molecule has 0 fully saturated rings. The zero-order valence-corrected chi connectivity index (χ0v) is 34.0. The first-order valence-corrected chi connectivity index (χ1v) is 21.3. The Bertz CT molecular complexity index is 3840. The van der Waals surface area contributed by atoms with Crippen LogP contribution in [0.3, 0.4) is 0 Å². The van der Waals surface area contributed by atoms with Crippen molar-refractivity contribution in [1.29, 1.82) is 0 Å². The Morgan fingerprint density at radius 3 is 1.70 bits per heavy atom. The van der Waals surface area contributed by atoms with E-state index in [0.29, 0.717) is 0 Å². The molecule has 0 spiro atoms. The lowest BCUT2D eigenvalue weighted by Crippen LogP contribution is -2.00. The lowest BCUT2D eigenvalue weighted by atomic mass is 10.0. The van der Waals surface area contributed by atoms with E-state index in [0.717, 1.165) is 94.8 Å². The normalized spacial score (nSPS) is 11.8. The van der Waals surface area contributed by atoms with Crippen LogP contribution in [0.1, 0.15) is 0 Å². The van der Waals surface area contributed by atoms with Crippen LogP contribution in [0.2, 0.25) is 0 Å². The number of benzene rings is 8. The molecule has 63 heavy (non-hydrogen) atoms. The number of hydrogen-bond donors (Lipinski definition) is 0. The van der Waals surface area contributed by atoms with E-state index in [2.05, 4.69) is 203 Å². The molecule has 0 bridgehead atoms. The Morgan fingerprint density at radius 2 is 0.905 bits per heavy atom. The fourth-order valence-electron chi connectivity index (χ4n) is 9.58. The second-order valence-electron chi connectivity index (χ2n) is 16.2. The fourth-order valence-corrected chi connectivity index (χ4v) is 9.58. The van der Waals surface area contributed by atoms with Gasteiger partial charge in [-0.3, -0.25) is 9.55 Å². The van der Waals surface area contributed by atoms with Gasteiger partial charge in [0.2, 0.25) is 0 Å². The van der Waals surface area contributed by atoms with Gasteiger partial charge in [-0.25, -0.2) is 4.98 Å². The zero-order valence-electron chi connectivity index (χ0n) is 34.0. The van der Waals surface area contributed by atoms with E-state index in [9.17, 15) is 0 Å². The summed E-state index contributed by atoms with van der Waals surface area (Å²) in [5, 5.41) is 6.98. The Morgan fingerprint density at radius 1 is 0.317 bits per heavy atom. The first kappa shape index (κ1) is 35.2. The van der Waals surface area contributed by atoms with Crippen molar-refractivity contribution in [2.45, 2.75) is 0 Å². The average Bonchev–Trinajstić information content (AvgIpc) is 4.01. The van der Waals surface area contributed by atoms with Gasteiger partial charge in [0.25, 0.3) is 0 Å². The highest BCUT2D eigenvalue weighted by molar-refractivity contribution is 6.12. The monoisotopic (exact) mass is 804 g/mol. The number of pyridine rings is 2. The van der Waals surface area contributed by atoms with Crippen molar-refractivity contribution in [3.05, 3.63) is 219 Å². The van der Waals surface area contributed by atoms with Crippen LogP contribution in [-0.2, 0) is 0 Å². The molecule has 0 atom stereocenters. The van der Waals surface area contributed by atoms with Gasteiger partial charge in [0, 0.05) is 49.1 Å². The van der Waals surface area contributed by atoms with Gasteiger partial charge in [-0.1, -0.05) is 146 Å². The van der Waals surface area contributed by atoms with Gasteiger partial charge in [-0.2, -0.15) is 0 Å². The number of furan rings is 1. The molecule has 13 aromatic rings. The van der Waals surface area contributed by atoms with Crippen LogP contribution in [-0.4, -0.2) is 19.1 Å². The molecule has 0 aliphatic rings. The molecule has 5 nitrogen and oxygen atoms in total. The highest BCUT2D eigenvalue weighted by Crippen LogP contribution is 2.40. The molecule has 0 N–H and O–H groups in total. The highest BCUT2D eigenvalue weighted by atomic mass is 16.3. The van der Waals surface area contributed by atoms with Gasteiger partial charge in [-0.15, -0.1) is 0 Å². The number of hydrogen-bond acceptors (Lipinski definition) is 3. The van der Waals surface area contributed by atoms with Gasteiger partial charge < -0.3 is 8.98 Å². The maximum Gasteiger partial charge on any atom is 0.153 e. The number of nitrogens with zero attached hydrogens (tertiary/aromatic N) is 4.